The number of aliphatic hydroxyl groups is 1. The fourth-order valence-corrected chi connectivity index (χ4v) is 2.61. The average molecular weight is 337 g/mol. The summed E-state index contributed by atoms with van der Waals surface area (Å²) in [6.07, 6.45) is 4.56. The van der Waals surface area contributed by atoms with Crippen molar-refractivity contribution in [3.05, 3.63) is 0 Å². The van der Waals surface area contributed by atoms with Crippen molar-refractivity contribution in [2.24, 2.45) is 17.8 Å². The molecule has 0 aliphatic carbocycles. The van der Waals surface area contributed by atoms with Crippen molar-refractivity contribution in [3.63, 3.8) is 0 Å². The van der Waals surface area contributed by atoms with Crippen molar-refractivity contribution < 1.29 is 14.6 Å². The van der Waals surface area contributed by atoms with Crippen LogP contribution in [-0.2, 0) is 9.53 Å². The molecule has 0 saturated heterocycles. The summed E-state index contributed by atoms with van der Waals surface area (Å²) in [5.74, 6) is 1.08. The Kier molecular flexibility index (Phi) is 10.6. The lowest BCUT2D eigenvalue weighted by Gasteiger charge is -2.21. The second-order valence-electron chi connectivity index (χ2n) is 5.77. The van der Waals surface area contributed by atoms with Crippen LogP contribution in [0.25, 0.3) is 0 Å². The van der Waals surface area contributed by atoms with Gasteiger partial charge >= 0.3 is 5.97 Å². The normalized spacial score (nSPS) is 17.6. The molecule has 0 heterocycles. The van der Waals surface area contributed by atoms with Crippen LogP contribution in [0, 0.1) is 17.8 Å². The second-order valence-corrected chi connectivity index (χ2v) is 7.14. The zero-order valence-electron chi connectivity index (χ0n) is 12.7. The average Bonchev–Trinajstić information content (AvgIpc) is 2.33. The van der Waals surface area contributed by atoms with Gasteiger partial charge in [0.15, 0.2) is 0 Å². The first-order chi connectivity index (χ1) is 8.90. The van der Waals surface area contributed by atoms with Crippen molar-refractivity contribution in [2.75, 3.05) is 13.2 Å². The smallest absolute Gasteiger partial charge is 0.319 e. The number of carbonyl (C=O) groups is 1. The van der Waals surface area contributed by atoms with E-state index < -0.39 is 0 Å². The Morgan fingerprint density at radius 3 is 2.32 bits per heavy atom. The quantitative estimate of drug-likeness (QED) is 0.487. The van der Waals surface area contributed by atoms with E-state index in [0.29, 0.717) is 12.5 Å². The van der Waals surface area contributed by atoms with Crippen molar-refractivity contribution in [1.82, 2.24) is 0 Å². The summed E-state index contributed by atoms with van der Waals surface area (Å²) in [6, 6.07) is 0. The van der Waals surface area contributed by atoms with E-state index in [1.54, 1.807) is 6.92 Å². The monoisotopic (exact) mass is 336 g/mol. The van der Waals surface area contributed by atoms with Gasteiger partial charge in [0.05, 0.1) is 6.61 Å². The summed E-state index contributed by atoms with van der Waals surface area (Å²) in [7, 11) is 0. The molecule has 0 aromatic rings. The predicted octanol–water partition coefficient (Wildman–Crippen LogP) is 3.77. The maximum atomic E-state index is 11.4. The summed E-state index contributed by atoms with van der Waals surface area (Å²) in [5, 5.41) is 9.36. The van der Waals surface area contributed by atoms with Gasteiger partial charge in [0.1, 0.15) is 4.83 Å². The third kappa shape index (κ3) is 9.44. The van der Waals surface area contributed by atoms with Crippen LogP contribution in [0.4, 0.5) is 0 Å². The van der Waals surface area contributed by atoms with Gasteiger partial charge in [-0.25, -0.2) is 0 Å². The molecule has 0 radical (unpaired) electrons. The standard InChI is InChI=1S/C15H29BrO3/c1-5-6-11(2)7-12(3)8-14(9-17)10-19-15(18)13(4)16/h11-14,17H,5-10H2,1-4H3/t11-,12+,13?,14?/m0/s1. The van der Waals surface area contributed by atoms with E-state index >= 15 is 0 Å². The summed E-state index contributed by atoms with van der Waals surface area (Å²) < 4.78 is 5.16. The maximum absolute atomic E-state index is 11.4. The Morgan fingerprint density at radius 2 is 1.84 bits per heavy atom. The molecule has 0 bridgehead atoms. The molecular formula is C15H29BrO3. The van der Waals surface area contributed by atoms with E-state index in [1.165, 1.54) is 19.3 Å². The minimum absolute atomic E-state index is 0.0547. The first-order valence-corrected chi connectivity index (χ1v) is 8.23. The molecule has 2 unspecified atom stereocenters. The lowest BCUT2D eigenvalue weighted by molar-refractivity contribution is -0.144. The Bertz CT molecular complexity index is 244. The molecule has 4 heteroatoms. The molecule has 0 aliphatic rings. The third-order valence-corrected chi connectivity index (χ3v) is 3.74. The fourth-order valence-electron chi connectivity index (χ4n) is 2.47. The Hall–Kier alpha value is -0.0900. The molecule has 19 heavy (non-hydrogen) atoms. The van der Waals surface area contributed by atoms with Gasteiger partial charge < -0.3 is 9.84 Å². The van der Waals surface area contributed by atoms with Gasteiger partial charge in [-0.1, -0.05) is 49.5 Å². The third-order valence-electron chi connectivity index (χ3n) is 3.37. The number of hydrogen-bond acceptors (Lipinski definition) is 3. The Labute approximate surface area is 126 Å². The number of esters is 1. The highest BCUT2D eigenvalue weighted by Gasteiger charge is 2.18. The highest BCUT2D eigenvalue weighted by atomic mass is 79.9. The molecule has 0 aromatic heterocycles. The van der Waals surface area contributed by atoms with E-state index in [0.717, 1.165) is 12.3 Å². The topological polar surface area (TPSA) is 46.5 Å². The number of ether oxygens (including phenoxy) is 1. The SMILES string of the molecule is CCC[C@H](C)C[C@@H](C)CC(CO)COC(=O)C(C)Br. The van der Waals surface area contributed by atoms with Crippen LogP contribution >= 0.6 is 15.9 Å². The van der Waals surface area contributed by atoms with E-state index in [-0.39, 0.29) is 23.3 Å². The number of rotatable bonds is 10. The van der Waals surface area contributed by atoms with E-state index in [1.807, 2.05) is 0 Å². The van der Waals surface area contributed by atoms with Crippen molar-refractivity contribution >= 4 is 21.9 Å². The number of alkyl halides is 1. The summed E-state index contributed by atoms with van der Waals surface area (Å²) >= 11 is 3.18. The fraction of sp³-hybridized carbons (Fsp3) is 0.933. The van der Waals surface area contributed by atoms with Gasteiger partial charge in [0, 0.05) is 12.5 Å². The van der Waals surface area contributed by atoms with Crippen LogP contribution < -0.4 is 0 Å². The lowest BCUT2D eigenvalue weighted by atomic mass is 9.88. The molecule has 3 nitrogen and oxygen atoms in total. The minimum Gasteiger partial charge on any atom is -0.464 e. The highest BCUT2D eigenvalue weighted by molar-refractivity contribution is 9.10. The molecule has 0 fully saturated rings. The van der Waals surface area contributed by atoms with Crippen LogP contribution in [0.15, 0.2) is 0 Å². The summed E-state index contributed by atoms with van der Waals surface area (Å²) in [5.41, 5.74) is 0. The van der Waals surface area contributed by atoms with Crippen LogP contribution in [0.5, 0.6) is 0 Å². The van der Waals surface area contributed by atoms with Gasteiger partial charge in [0.25, 0.3) is 0 Å². The minimum atomic E-state index is -0.283. The second kappa shape index (κ2) is 10.7. The molecule has 0 amide bonds. The van der Waals surface area contributed by atoms with Crippen molar-refractivity contribution in [2.45, 2.75) is 58.2 Å². The summed E-state index contributed by atoms with van der Waals surface area (Å²) in [4.78, 5) is 11.1. The Balaban J connectivity index is 4.00. The zero-order valence-corrected chi connectivity index (χ0v) is 14.3. The zero-order chi connectivity index (χ0) is 14.8. The molecule has 0 saturated carbocycles. The van der Waals surface area contributed by atoms with E-state index in [4.69, 9.17) is 4.74 Å². The largest absolute Gasteiger partial charge is 0.464 e. The Morgan fingerprint density at radius 1 is 1.21 bits per heavy atom. The first-order valence-electron chi connectivity index (χ1n) is 7.32. The van der Waals surface area contributed by atoms with E-state index in [2.05, 4.69) is 36.7 Å². The van der Waals surface area contributed by atoms with Crippen LogP contribution in [0.2, 0.25) is 0 Å². The van der Waals surface area contributed by atoms with Crippen LogP contribution in [0.1, 0.15) is 53.4 Å². The van der Waals surface area contributed by atoms with Gasteiger partial charge in [0.2, 0.25) is 0 Å². The van der Waals surface area contributed by atoms with E-state index in [9.17, 15) is 9.90 Å². The molecule has 114 valence electrons. The highest BCUT2D eigenvalue weighted by Crippen LogP contribution is 2.22. The first kappa shape index (κ1) is 18.9. The van der Waals surface area contributed by atoms with Crippen LogP contribution in [-0.4, -0.2) is 29.1 Å². The molecule has 0 rings (SSSR count). The number of carbonyl (C=O) groups excluding carboxylic acids is 1. The number of aliphatic hydroxyl groups excluding tert-OH is 1. The van der Waals surface area contributed by atoms with Gasteiger partial charge in [-0.2, -0.15) is 0 Å². The van der Waals surface area contributed by atoms with Gasteiger partial charge in [-0.15, -0.1) is 0 Å². The van der Waals surface area contributed by atoms with Gasteiger partial charge in [-0.3, -0.25) is 4.79 Å². The molecule has 0 aliphatic heterocycles. The molecular weight excluding hydrogens is 308 g/mol. The predicted molar refractivity (Wildman–Crippen MR) is 82.4 cm³/mol. The molecule has 0 spiro atoms. The number of hydrogen-bond donors (Lipinski definition) is 1. The molecule has 1 N–H and O–H groups in total. The molecule has 4 atom stereocenters. The van der Waals surface area contributed by atoms with Crippen molar-refractivity contribution in [1.29, 1.82) is 0 Å². The number of halogens is 1. The lowest BCUT2D eigenvalue weighted by Crippen LogP contribution is -2.23. The van der Waals surface area contributed by atoms with Crippen molar-refractivity contribution in [3.8, 4) is 0 Å². The molecule has 0 aromatic carbocycles. The summed E-state index contributed by atoms with van der Waals surface area (Å²) in [6.45, 7) is 8.84. The maximum Gasteiger partial charge on any atom is 0.319 e. The van der Waals surface area contributed by atoms with Gasteiger partial charge in [-0.05, 0) is 31.6 Å². The van der Waals surface area contributed by atoms with Crippen LogP contribution in [0.3, 0.4) is 0 Å².